The van der Waals surface area contributed by atoms with E-state index in [0.29, 0.717) is 12.6 Å². The Morgan fingerprint density at radius 1 is 1.10 bits per heavy atom. The third-order valence-electron chi connectivity index (χ3n) is 4.07. The molecule has 1 fully saturated rings. The van der Waals surface area contributed by atoms with E-state index in [1.165, 1.54) is 38.5 Å². The lowest BCUT2D eigenvalue weighted by molar-refractivity contribution is -0.115. The van der Waals surface area contributed by atoms with Crippen molar-refractivity contribution in [2.24, 2.45) is 0 Å². The van der Waals surface area contributed by atoms with Crippen LogP contribution in [0.15, 0.2) is 24.3 Å². The number of hydrogen-bond donors (Lipinski definition) is 2. The van der Waals surface area contributed by atoms with Crippen molar-refractivity contribution in [3.63, 3.8) is 0 Å². The van der Waals surface area contributed by atoms with Gasteiger partial charge in [-0.2, -0.15) is 0 Å². The fraction of sp³-hybridized carbons (Fsp3) is 0.588. The SMILES string of the molecule is CN(C)c1ccc(NC(=O)CNC2CCCCCC2)cc1. The lowest BCUT2D eigenvalue weighted by Crippen LogP contribution is -2.35. The molecule has 1 aromatic rings. The molecule has 2 rings (SSSR count). The predicted octanol–water partition coefficient (Wildman–Crippen LogP) is 3.00. The summed E-state index contributed by atoms with van der Waals surface area (Å²) in [5.41, 5.74) is 1.98. The van der Waals surface area contributed by atoms with Gasteiger partial charge in [-0.3, -0.25) is 4.79 Å². The molecule has 0 unspecified atom stereocenters. The maximum Gasteiger partial charge on any atom is 0.238 e. The number of amides is 1. The van der Waals surface area contributed by atoms with Crippen LogP contribution >= 0.6 is 0 Å². The van der Waals surface area contributed by atoms with Crippen LogP contribution in [0.1, 0.15) is 38.5 Å². The Morgan fingerprint density at radius 2 is 1.71 bits per heavy atom. The number of rotatable bonds is 5. The average molecular weight is 289 g/mol. The first-order valence-electron chi connectivity index (χ1n) is 7.96. The Bertz CT molecular complexity index is 434. The normalized spacial score (nSPS) is 16.3. The molecular formula is C17H27N3O. The van der Waals surface area contributed by atoms with Gasteiger partial charge in [0.15, 0.2) is 0 Å². The topological polar surface area (TPSA) is 44.4 Å². The van der Waals surface area contributed by atoms with E-state index in [2.05, 4.69) is 10.6 Å². The van der Waals surface area contributed by atoms with Gasteiger partial charge < -0.3 is 15.5 Å². The summed E-state index contributed by atoms with van der Waals surface area (Å²) in [6.07, 6.45) is 7.64. The van der Waals surface area contributed by atoms with Crippen LogP contribution in [0.2, 0.25) is 0 Å². The van der Waals surface area contributed by atoms with Crippen molar-refractivity contribution in [2.75, 3.05) is 30.9 Å². The van der Waals surface area contributed by atoms with Crippen LogP contribution in [0.4, 0.5) is 11.4 Å². The molecule has 0 bridgehead atoms. The van der Waals surface area contributed by atoms with Crippen molar-refractivity contribution in [2.45, 2.75) is 44.6 Å². The first kappa shape index (κ1) is 15.8. The molecule has 1 aliphatic rings. The molecule has 0 atom stereocenters. The van der Waals surface area contributed by atoms with Crippen molar-refractivity contribution in [1.29, 1.82) is 0 Å². The summed E-state index contributed by atoms with van der Waals surface area (Å²) in [6, 6.07) is 8.41. The number of hydrogen-bond acceptors (Lipinski definition) is 3. The zero-order chi connectivity index (χ0) is 15.1. The smallest absolute Gasteiger partial charge is 0.238 e. The number of carbonyl (C=O) groups excluding carboxylic acids is 1. The third-order valence-corrected chi connectivity index (χ3v) is 4.07. The molecule has 1 aliphatic carbocycles. The predicted molar refractivity (Wildman–Crippen MR) is 88.9 cm³/mol. The van der Waals surface area contributed by atoms with E-state index in [-0.39, 0.29) is 5.91 Å². The zero-order valence-electron chi connectivity index (χ0n) is 13.2. The molecule has 1 amide bonds. The van der Waals surface area contributed by atoms with Crippen LogP contribution in [0.25, 0.3) is 0 Å². The lowest BCUT2D eigenvalue weighted by atomic mass is 10.1. The Hall–Kier alpha value is -1.55. The third kappa shape index (κ3) is 5.38. The monoisotopic (exact) mass is 289 g/mol. The van der Waals surface area contributed by atoms with Gasteiger partial charge in [-0.25, -0.2) is 0 Å². The molecule has 0 spiro atoms. The van der Waals surface area contributed by atoms with Crippen molar-refractivity contribution < 1.29 is 4.79 Å². The van der Waals surface area contributed by atoms with E-state index in [0.717, 1.165) is 11.4 Å². The molecule has 21 heavy (non-hydrogen) atoms. The Balaban J connectivity index is 1.75. The summed E-state index contributed by atoms with van der Waals surface area (Å²) in [5, 5.41) is 6.33. The van der Waals surface area contributed by atoms with Crippen molar-refractivity contribution in [3.05, 3.63) is 24.3 Å². The van der Waals surface area contributed by atoms with Gasteiger partial charge in [-0.05, 0) is 37.1 Å². The van der Waals surface area contributed by atoms with Gasteiger partial charge in [0, 0.05) is 31.5 Å². The Labute approximate surface area is 127 Å². The van der Waals surface area contributed by atoms with Crippen molar-refractivity contribution in [3.8, 4) is 0 Å². The van der Waals surface area contributed by atoms with Crippen LogP contribution < -0.4 is 15.5 Å². The van der Waals surface area contributed by atoms with Gasteiger partial charge in [0.25, 0.3) is 0 Å². The summed E-state index contributed by atoms with van der Waals surface area (Å²) in [7, 11) is 4.01. The van der Waals surface area contributed by atoms with E-state index in [1.807, 2.05) is 43.3 Å². The molecule has 2 N–H and O–H groups in total. The fourth-order valence-corrected chi connectivity index (χ4v) is 2.77. The Morgan fingerprint density at radius 3 is 2.29 bits per heavy atom. The van der Waals surface area contributed by atoms with Gasteiger partial charge in [0.1, 0.15) is 0 Å². The highest BCUT2D eigenvalue weighted by atomic mass is 16.1. The van der Waals surface area contributed by atoms with E-state index < -0.39 is 0 Å². The van der Waals surface area contributed by atoms with Crippen LogP contribution in [-0.2, 0) is 4.79 Å². The van der Waals surface area contributed by atoms with E-state index in [9.17, 15) is 4.79 Å². The van der Waals surface area contributed by atoms with E-state index >= 15 is 0 Å². The molecule has 0 aliphatic heterocycles. The summed E-state index contributed by atoms with van der Waals surface area (Å²) < 4.78 is 0. The quantitative estimate of drug-likeness (QED) is 0.819. The van der Waals surface area contributed by atoms with Gasteiger partial charge in [-0.1, -0.05) is 25.7 Å². The number of carbonyl (C=O) groups is 1. The minimum Gasteiger partial charge on any atom is -0.378 e. The summed E-state index contributed by atoms with van der Waals surface area (Å²) >= 11 is 0. The molecular weight excluding hydrogens is 262 g/mol. The van der Waals surface area contributed by atoms with Gasteiger partial charge in [0.2, 0.25) is 5.91 Å². The number of nitrogens with zero attached hydrogens (tertiary/aromatic N) is 1. The summed E-state index contributed by atoms with van der Waals surface area (Å²) in [5.74, 6) is 0.0387. The van der Waals surface area contributed by atoms with Gasteiger partial charge in [0.05, 0.1) is 6.54 Å². The zero-order valence-corrected chi connectivity index (χ0v) is 13.2. The van der Waals surface area contributed by atoms with Crippen LogP contribution in [0.3, 0.4) is 0 Å². The molecule has 1 saturated carbocycles. The van der Waals surface area contributed by atoms with E-state index in [4.69, 9.17) is 0 Å². The first-order chi connectivity index (χ1) is 10.1. The average Bonchev–Trinajstić information content (AvgIpc) is 2.74. The molecule has 0 radical (unpaired) electrons. The Kier molecular flexibility index (Phi) is 6.05. The van der Waals surface area contributed by atoms with Crippen LogP contribution in [0.5, 0.6) is 0 Å². The minimum absolute atomic E-state index is 0.0387. The second-order valence-electron chi connectivity index (χ2n) is 6.06. The molecule has 1 aromatic carbocycles. The highest BCUT2D eigenvalue weighted by Gasteiger charge is 2.12. The van der Waals surface area contributed by atoms with Crippen LogP contribution in [-0.4, -0.2) is 32.6 Å². The first-order valence-corrected chi connectivity index (χ1v) is 7.96. The van der Waals surface area contributed by atoms with Gasteiger partial charge in [-0.15, -0.1) is 0 Å². The standard InChI is InChI=1S/C17H27N3O/c1-20(2)16-11-9-15(10-12-16)19-17(21)13-18-14-7-5-3-4-6-8-14/h9-12,14,18H,3-8,13H2,1-2H3,(H,19,21). The number of benzene rings is 1. The van der Waals surface area contributed by atoms with E-state index in [1.54, 1.807) is 0 Å². The second kappa shape index (κ2) is 8.03. The maximum absolute atomic E-state index is 12.0. The number of nitrogens with one attached hydrogen (secondary N) is 2. The molecule has 0 aromatic heterocycles. The minimum atomic E-state index is 0.0387. The number of anilines is 2. The maximum atomic E-state index is 12.0. The van der Waals surface area contributed by atoms with Gasteiger partial charge >= 0.3 is 0 Å². The lowest BCUT2D eigenvalue weighted by Gasteiger charge is -2.16. The largest absolute Gasteiger partial charge is 0.378 e. The molecule has 4 heteroatoms. The summed E-state index contributed by atoms with van der Waals surface area (Å²) in [4.78, 5) is 14.0. The fourth-order valence-electron chi connectivity index (χ4n) is 2.77. The molecule has 0 saturated heterocycles. The molecule has 4 nitrogen and oxygen atoms in total. The van der Waals surface area contributed by atoms with Crippen molar-refractivity contribution in [1.82, 2.24) is 5.32 Å². The highest BCUT2D eigenvalue weighted by Crippen LogP contribution is 2.17. The second-order valence-corrected chi connectivity index (χ2v) is 6.06. The molecule has 116 valence electrons. The van der Waals surface area contributed by atoms with Crippen LogP contribution in [0, 0.1) is 0 Å². The highest BCUT2D eigenvalue weighted by molar-refractivity contribution is 5.92. The molecule has 0 heterocycles. The van der Waals surface area contributed by atoms with Crippen molar-refractivity contribution >= 4 is 17.3 Å². The summed E-state index contributed by atoms with van der Waals surface area (Å²) in [6.45, 7) is 0.403.